The van der Waals surface area contributed by atoms with E-state index in [4.69, 9.17) is 5.11 Å². The molecule has 9 heteroatoms. The molecule has 4 N–H and O–H groups in total. The van der Waals surface area contributed by atoms with Crippen LogP contribution in [-0.2, 0) is 14.8 Å². The van der Waals surface area contributed by atoms with E-state index >= 15 is 0 Å². The van der Waals surface area contributed by atoms with E-state index in [1.54, 1.807) is 27.7 Å². The Hall–Kier alpha value is -1.35. The first-order valence-corrected chi connectivity index (χ1v) is 7.89. The monoisotopic (exact) mass is 309 g/mol. The average molecular weight is 309 g/mol. The highest BCUT2D eigenvalue weighted by atomic mass is 32.2. The summed E-state index contributed by atoms with van der Waals surface area (Å²) in [5.41, 5.74) is -0.654. The van der Waals surface area contributed by atoms with Gasteiger partial charge in [0.2, 0.25) is 10.0 Å². The molecule has 0 saturated carbocycles. The van der Waals surface area contributed by atoms with Crippen molar-refractivity contribution in [3.8, 4) is 0 Å². The highest BCUT2D eigenvalue weighted by Gasteiger charge is 2.32. The van der Waals surface area contributed by atoms with E-state index in [0.717, 1.165) is 0 Å². The van der Waals surface area contributed by atoms with Crippen molar-refractivity contribution < 1.29 is 23.1 Å². The second kappa shape index (κ2) is 7.44. The summed E-state index contributed by atoms with van der Waals surface area (Å²) in [5.74, 6) is -1.41. The Balaban J connectivity index is 4.33. The molecule has 20 heavy (non-hydrogen) atoms. The topological polar surface area (TPSA) is 125 Å². The third-order valence-corrected chi connectivity index (χ3v) is 3.88. The molecular weight excluding hydrogens is 286 g/mol. The van der Waals surface area contributed by atoms with Crippen LogP contribution in [-0.4, -0.2) is 50.4 Å². The minimum Gasteiger partial charge on any atom is -0.480 e. The first kappa shape index (κ1) is 18.7. The van der Waals surface area contributed by atoms with Gasteiger partial charge in [0.15, 0.2) is 0 Å². The summed E-state index contributed by atoms with van der Waals surface area (Å²) in [6, 6.07) is -1.77. The molecule has 0 rings (SSSR count). The van der Waals surface area contributed by atoms with Gasteiger partial charge >= 0.3 is 12.0 Å². The Bertz CT molecular complexity index is 441. The van der Waals surface area contributed by atoms with Gasteiger partial charge in [-0.2, -0.15) is 0 Å². The van der Waals surface area contributed by atoms with Crippen molar-refractivity contribution in [2.75, 3.05) is 18.8 Å². The number of nitrogens with one attached hydrogen (secondary N) is 3. The minimum absolute atomic E-state index is 0.0996. The predicted molar refractivity (Wildman–Crippen MR) is 74.9 cm³/mol. The lowest BCUT2D eigenvalue weighted by Gasteiger charge is -2.27. The van der Waals surface area contributed by atoms with Crippen molar-refractivity contribution in [1.82, 2.24) is 15.4 Å². The van der Waals surface area contributed by atoms with E-state index in [-0.39, 0.29) is 18.8 Å². The molecule has 1 atom stereocenters. The Labute approximate surface area is 119 Å². The summed E-state index contributed by atoms with van der Waals surface area (Å²) in [6.45, 7) is 6.88. The summed E-state index contributed by atoms with van der Waals surface area (Å²) in [5, 5.41) is 13.7. The molecule has 0 heterocycles. The third-order valence-electron chi connectivity index (χ3n) is 2.41. The molecule has 118 valence electrons. The van der Waals surface area contributed by atoms with Gasteiger partial charge in [-0.05, 0) is 5.41 Å². The Kier molecular flexibility index (Phi) is 6.94. The second-order valence-electron chi connectivity index (χ2n) is 5.35. The summed E-state index contributed by atoms with van der Waals surface area (Å²) in [7, 11) is -3.41. The van der Waals surface area contributed by atoms with Gasteiger partial charge in [-0.15, -0.1) is 0 Å². The van der Waals surface area contributed by atoms with E-state index in [2.05, 4.69) is 15.4 Å². The second-order valence-corrected chi connectivity index (χ2v) is 7.28. The van der Waals surface area contributed by atoms with Crippen LogP contribution in [0.1, 0.15) is 27.7 Å². The molecule has 0 aliphatic rings. The predicted octanol–water partition coefficient (Wildman–Crippen LogP) is -0.276. The zero-order valence-corrected chi connectivity index (χ0v) is 13.0. The molecule has 0 radical (unpaired) electrons. The molecule has 0 bridgehead atoms. The molecule has 0 aromatic heterocycles. The van der Waals surface area contributed by atoms with Crippen LogP contribution in [0, 0.1) is 5.41 Å². The van der Waals surface area contributed by atoms with E-state index in [0.29, 0.717) is 0 Å². The Morgan fingerprint density at radius 2 is 1.80 bits per heavy atom. The summed E-state index contributed by atoms with van der Waals surface area (Å²) < 4.78 is 24.9. The van der Waals surface area contributed by atoms with Gasteiger partial charge in [0.1, 0.15) is 6.04 Å². The summed E-state index contributed by atoms with van der Waals surface area (Å²) in [6.07, 6.45) is 0. The average Bonchev–Trinajstić information content (AvgIpc) is 2.23. The maximum absolute atomic E-state index is 11.5. The Morgan fingerprint density at radius 1 is 1.25 bits per heavy atom. The molecule has 0 aliphatic heterocycles. The molecule has 0 aromatic rings. The fraction of sp³-hybridized carbons (Fsp3) is 0.818. The zero-order valence-electron chi connectivity index (χ0n) is 12.2. The van der Waals surface area contributed by atoms with Crippen molar-refractivity contribution in [3.05, 3.63) is 0 Å². The number of hydrogen-bond acceptors (Lipinski definition) is 4. The number of carbonyl (C=O) groups is 2. The number of urea groups is 1. The van der Waals surface area contributed by atoms with Crippen LogP contribution in [0.3, 0.4) is 0 Å². The van der Waals surface area contributed by atoms with E-state index in [1.807, 2.05) is 0 Å². The number of sulfonamides is 1. The maximum atomic E-state index is 11.5. The van der Waals surface area contributed by atoms with Crippen molar-refractivity contribution in [2.24, 2.45) is 5.41 Å². The zero-order chi connectivity index (χ0) is 16.0. The van der Waals surface area contributed by atoms with Crippen molar-refractivity contribution >= 4 is 22.0 Å². The van der Waals surface area contributed by atoms with Crippen LogP contribution in [0.2, 0.25) is 0 Å². The van der Waals surface area contributed by atoms with Crippen LogP contribution >= 0.6 is 0 Å². The smallest absolute Gasteiger partial charge is 0.326 e. The number of carboxylic acid groups (broad SMARTS) is 1. The fourth-order valence-electron chi connectivity index (χ4n) is 1.42. The number of aliphatic carboxylic acids is 1. The summed E-state index contributed by atoms with van der Waals surface area (Å²) in [4.78, 5) is 22.6. The van der Waals surface area contributed by atoms with Crippen molar-refractivity contribution in [2.45, 2.75) is 33.7 Å². The number of rotatable bonds is 7. The minimum atomic E-state index is -3.41. The number of carboxylic acids is 1. The van der Waals surface area contributed by atoms with Crippen LogP contribution in [0.5, 0.6) is 0 Å². The molecule has 0 spiro atoms. The van der Waals surface area contributed by atoms with Crippen molar-refractivity contribution in [3.63, 3.8) is 0 Å². The van der Waals surface area contributed by atoms with Crippen LogP contribution < -0.4 is 15.4 Å². The molecule has 0 aliphatic carbocycles. The van der Waals surface area contributed by atoms with E-state index in [1.165, 1.54) is 0 Å². The van der Waals surface area contributed by atoms with Gasteiger partial charge in [0.05, 0.1) is 5.75 Å². The van der Waals surface area contributed by atoms with Crippen LogP contribution in [0.4, 0.5) is 4.79 Å². The van der Waals surface area contributed by atoms with Crippen molar-refractivity contribution in [1.29, 1.82) is 0 Å². The lowest BCUT2D eigenvalue weighted by molar-refractivity contribution is -0.141. The molecular formula is C11H23N3O5S. The molecule has 0 fully saturated rings. The number of amides is 2. The van der Waals surface area contributed by atoms with Crippen LogP contribution in [0.15, 0.2) is 0 Å². The van der Waals surface area contributed by atoms with Gasteiger partial charge in [-0.25, -0.2) is 22.7 Å². The maximum Gasteiger partial charge on any atom is 0.326 e. The molecule has 2 amide bonds. The summed E-state index contributed by atoms with van der Waals surface area (Å²) >= 11 is 0. The highest BCUT2D eigenvalue weighted by molar-refractivity contribution is 7.89. The van der Waals surface area contributed by atoms with Gasteiger partial charge in [0.25, 0.3) is 0 Å². The standard InChI is InChI=1S/C11H23N3O5S/c1-5-13-20(18,19)7-6-12-10(17)14-8(9(15)16)11(2,3)4/h8,13H,5-7H2,1-4H3,(H,15,16)(H2,12,14,17). The third kappa shape index (κ3) is 7.29. The normalized spacial score (nSPS) is 13.6. The van der Waals surface area contributed by atoms with Crippen LogP contribution in [0.25, 0.3) is 0 Å². The largest absolute Gasteiger partial charge is 0.480 e. The van der Waals surface area contributed by atoms with Gasteiger partial charge < -0.3 is 15.7 Å². The van der Waals surface area contributed by atoms with Gasteiger partial charge in [-0.3, -0.25) is 0 Å². The first-order chi connectivity index (χ1) is 8.99. The van der Waals surface area contributed by atoms with E-state index in [9.17, 15) is 18.0 Å². The first-order valence-electron chi connectivity index (χ1n) is 6.24. The van der Waals surface area contributed by atoms with E-state index < -0.39 is 33.5 Å². The molecule has 1 unspecified atom stereocenters. The molecule has 0 aromatic carbocycles. The SMILES string of the molecule is CCNS(=O)(=O)CCNC(=O)NC(C(=O)O)C(C)(C)C. The number of hydrogen-bond donors (Lipinski definition) is 4. The fourth-order valence-corrected chi connectivity index (χ4v) is 2.38. The highest BCUT2D eigenvalue weighted by Crippen LogP contribution is 2.19. The quantitative estimate of drug-likeness (QED) is 0.515. The van der Waals surface area contributed by atoms with Gasteiger partial charge in [0, 0.05) is 13.1 Å². The van der Waals surface area contributed by atoms with Gasteiger partial charge in [-0.1, -0.05) is 27.7 Å². The Morgan fingerprint density at radius 3 is 2.20 bits per heavy atom. The lowest BCUT2D eigenvalue weighted by Crippen LogP contribution is -2.52. The lowest BCUT2D eigenvalue weighted by atomic mass is 9.87. The molecule has 0 saturated heterocycles. The number of carbonyl (C=O) groups excluding carboxylic acids is 1. The molecule has 8 nitrogen and oxygen atoms in total.